The Labute approximate surface area is 120 Å². The number of hydrogen-bond acceptors (Lipinski definition) is 2. The van der Waals surface area contributed by atoms with Gasteiger partial charge in [0, 0.05) is 15.5 Å². The molecule has 0 aliphatic rings. The number of aromatic nitrogens is 2. The fourth-order valence-corrected chi connectivity index (χ4v) is 3.20. The molecule has 6 heteroatoms. The zero-order chi connectivity index (χ0) is 12.6. The van der Waals surface area contributed by atoms with Gasteiger partial charge in [-0.3, -0.25) is 9.36 Å². The second-order valence-electron chi connectivity index (χ2n) is 3.62. The van der Waals surface area contributed by atoms with Gasteiger partial charge < -0.3 is 0 Å². The Morgan fingerprint density at radius 2 is 2.12 bits per heavy atom. The molecule has 0 amide bonds. The van der Waals surface area contributed by atoms with Crippen LogP contribution in [0.2, 0.25) is 5.28 Å². The average molecular weight is 380 g/mol. The van der Waals surface area contributed by atoms with E-state index in [9.17, 15) is 4.79 Å². The molecule has 1 aromatic heterocycles. The standard InChI is InChI=1S/C11H9Br2ClN2O/c1-2-3-16-10(17)7-4-6(12)5-8(13)9(7)15-11(16)14/h4-5H,2-3H2,1H3. The summed E-state index contributed by atoms with van der Waals surface area (Å²) in [5.41, 5.74) is 0.486. The first-order chi connectivity index (χ1) is 8.04. The minimum absolute atomic E-state index is 0.108. The predicted molar refractivity (Wildman–Crippen MR) is 76.7 cm³/mol. The van der Waals surface area contributed by atoms with Crippen molar-refractivity contribution in [1.82, 2.24) is 9.55 Å². The van der Waals surface area contributed by atoms with Crippen LogP contribution in [0.4, 0.5) is 0 Å². The highest BCUT2D eigenvalue weighted by atomic mass is 79.9. The number of halogens is 3. The van der Waals surface area contributed by atoms with Crippen LogP contribution < -0.4 is 5.56 Å². The topological polar surface area (TPSA) is 34.9 Å². The Hall–Kier alpha value is -0.390. The molecule has 0 saturated heterocycles. The highest BCUT2D eigenvalue weighted by molar-refractivity contribution is 9.11. The van der Waals surface area contributed by atoms with Crippen LogP contribution in [0.3, 0.4) is 0 Å². The molecule has 0 aliphatic carbocycles. The van der Waals surface area contributed by atoms with Crippen molar-refractivity contribution in [3.05, 3.63) is 36.7 Å². The normalized spacial score (nSPS) is 11.1. The van der Waals surface area contributed by atoms with E-state index in [1.54, 1.807) is 6.07 Å². The molecule has 0 bridgehead atoms. The highest BCUT2D eigenvalue weighted by Gasteiger charge is 2.11. The van der Waals surface area contributed by atoms with Gasteiger partial charge in [-0.2, -0.15) is 0 Å². The van der Waals surface area contributed by atoms with Crippen molar-refractivity contribution in [1.29, 1.82) is 0 Å². The molecule has 1 aromatic carbocycles. The molecule has 2 aromatic rings. The SMILES string of the molecule is CCCn1c(Cl)nc2c(Br)cc(Br)cc2c1=O. The summed E-state index contributed by atoms with van der Waals surface area (Å²) in [5, 5.41) is 0.788. The fourth-order valence-electron chi connectivity index (χ4n) is 1.64. The van der Waals surface area contributed by atoms with Crippen LogP contribution in [-0.4, -0.2) is 9.55 Å². The van der Waals surface area contributed by atoms with Gasteiger partial charge in [-0.15, -0.1) is 0 Å². The largest absolute Gasteiger partial charge is 0.283 e. The van der Waals surface area contributed by atoms with E-state index >= 15 is 0 Å². The number of fused-ring (bicyclic) bond motifs is 1. The first kappa shape index (κ1) is 13.1. The van der Waals surface area contributed by atoms with E-state index in [4.69, 9.17) is 11.6 Å². The smallest absolute Gasteiger partial charge is 0.262 e. The summed E-state index contributed by atoms with van der Waals surface area (Å²) < 4.78 is 3.08. The van der Waals surface area contributed by atoms with Gasteiger partial charge in [-0.25, -0.2) is 4.98 Å². The van der Waals surface area contributed by atoms with E-state index in [0.717, 1.165) is 15.4 Å². The quantitative estimate of drug-likeness (QED) is 0.739. The van der Waals surface area contributed by atoms with Gasteiger partial charge in [0.2, 0.25) is 5.28 Å². The van der Waals surface area contributed by atoms with E-state index in [-0.39, 0.29) is 10.8 Å². The van der Waals surface area contributed by atoms with Crippen molar-refractivity contribution >= 4 is 54.4 Å². The zero-order valence-corrected chi connectivity index (χ0v) is 12.9. The third-order valence-electron chi connectivity index (χ3n) is 2.38. The van der Waals surface area contributed by atoms with Crippen molar-refractivity contribution in [3.8, 4) is 0 Å². The van der Waals surface area contributed by atoms with Crippen molar-refractivity contribution in [2.24, 2.45) is 0 Å². The Balaban J connectivity index is 2.87. The third-order valence-corrected chi connectivity index (χ3v) is 3.73. The monoisotopic (exact) mass is 378 g/mol. The van der Waals surface area contributed by atoms with Crippen LogP contribution in [0.15, 0.2) is 25.9 Å². The molecule has 90 valence electrons. The van der Waals surface area contributed by atoms with Gasteiger partial charge in [0.15, 0.2) is 0 Å². The van der Waals surface area contributed by atoms with Gasteiger partial charge in [0.05, 0.1) is 10.9 Å². The predicted octanol–water partition coefficient (Wildman–Crippen LogP) is 3.98. The van der Waals surface area contributed by atoms with E-state index in [2.05, 4.69) is 36.8 Å². The maximum Gasteiger partial charge on any atom is 0.262 e. The van der Waals surface area contributed by atoms with Gasteiger partial charge in [0.1, 0.15) is 0 Å². The number of hydrogen-bond donors (Lipinski definition) is 0. The number of nitrogens with zero attached hydrogens (tertiary/aromatic N) is 2. The Kier molecular flexibility index (Phi) is 3.90. The molecule has 0 spiro atoms. The molecule has 0 aliphatic heterocycles. The van der Waals surface area contributed by atoms with Crippen molar-refractivity contribution in [3.63, 3.8) is 0 Å². The number of rotatable bonds is 2. The van der Waals surface area contributed by atoms with Crippen LogP contribution in [0, 0.1) is 0 Å². The van der Waals surface area contributed by atoms with E-state index in [1.807, 2.05) is 13.0 Å². The van der Waals surface area contributed by atoms with Crippen LogP contribution in [-0.2, 0) is 6.54 Å². The molecule has 17 heavy (non-hydrogen) atoms. The van der Waals surface area contributed by atoms with Crippen LogP contribution in [0.25, 0.3) is 10.9 Å². The van der Waals surface area contributed by atoms with Crippen LogP contribution >= 0.6 is 43.5 Å². The van der Waals surface area contributed by atoms with Gasteiger partial charge in [-0.1, -0.05) is 22.9 Å². The Morgan fingerprint density at radius 3 is 2.76 bits per heavy atom. The lowest BCUT2D eigenvalue weighted by atomic mass is 10.2. The first-order valence-corrected chi connectivity index (χ1v) is 7.06. The van der Waals surface area contributed by atoms with Crippen molar-refractivity contribution in [2.75, 3.05) is 0 Å². The molecule has 1 heterocycles. The molecule has 0 saturated carbocycles. The third kappa shape index (κ3) is 2.41. The molecule has 0 radical (unpaired) electrons. The minimum atomic E-state index is -0.108. The molecular weight excluding hydrogens is 371 g/mol. The maximum atomic E-state index is 12.2. The second-order valence-corrected chi connectivity index (χ2v) is 5.73. The average Bonchev–Trinajstić information content (AvgIpc) is 2.26. The van der Waals surface area contributed by atoms with Crippen molar-refractivity contribution < 1.29 is 0 Å². The van der Waals surface area contributed by atoms with Gasteiger partial charge >= 0.3 is 0 Å². The highest BCUT2D eigenvalue weighted by Crippen LogP contribution is 2.26. The lowest BCUT2D eigenvalue weighted by Gasteiger charge is -2.09. The summed E-state index contributed by atoms with van der Waals surface area (Å²) in [6.07, 6.45) is 0.835. The lowest BCUT2D eigenvalue weighted by molar-refractivity contribution is 0.649. The van der Waals surface area contributed by atoms with Gasteiger partial charge in [-0.05, 0) is 46.1 Å². The van der Waals surface area contributed by atoms with E-state index < -0.39 is 0 Å². The Bertz CT molecular complexity index is 639. The van der Waals surface area contributed by atoms with E-state index in [0.29, 0.717) is 17.4 Å². The summed E-state index contributed by atoms with van der Waals surface area (Å²) in [6.45, 7) is 2.56. The fraction of sp³-hybridized carbons (Fsp3) is 0.273. The summed E-state index contributed by atoms with van der Waals surface area (Å²) >= 11 is 12.8. The Morgan fingerprint density at radius 1 is 1.41 bits per heavy atom. The first-order valence-electron chi connectivity index (χ1n) is 5.09. The zero-order valence-electron chi connectivity index (χ0n) is 9.01. The van der Waals surface area contributed by atoms with E-state index in [1.165, 1.54) is 4.57 Å². The summed E-state index contributed by atoms with van der Waals surface area (Å²) in [6, 6.07) is 3.60. The van der Waals surface area contributed by atoms with Crippen LogP contribution in [0.1, 0.15) is 13.3 Å². The maximum absolute atomic E-state index is 12.2. The van der Waals surface area contributed by atoms with Crippen molar-refractivity contribution in [2.45, 2.75) is 19.9 Å². The minimum Gasteiger partial charge on any atom is -0.283 e. The molecule has 2 rings (SSSR count). The second kappa shape index (κ2) is 5.08. The van der Waals surface area contributed by atoms with Gasteiger partial charge in [0.25, 0.3) is 5.56 Å². The molecule has 0 atom stereocenters. The summed E-state index contributed by atoms with van der Waals surface area (Å²) in [4.78, 5) is 16.5. The molecular formula is C11H9Br2ClN2O. The molecule has 0 fully saturated rings. The van der Waals surface area contributed by atoms with Crippen LogP contribution in [0.5, 0.6) is 0 Å². The number of benzene rings is 1. The lowest BCUT2D eigenvalue weighted by Crippen LogP contribution is -2.22. The summed E-state index contributed by atoms with van der Waals surface area (Å²) in [5.74, 6) is 0. The molecule has 3 nitrogen and oxygen atoms in total. The molecule has 0 N–H and O–H groups in total. The summed E-state index contributed by atoms with van der Waals surface area (Å²) in [7, 11) is 0. The molecule has 0 unspecified atom stereocenters.